The fourth-order valence-corrected chi connectivity index (χ4v) is 3.80. The molecule has 0 heterocycles. The van der Waals surface area contributed by atoms with E-state index in [2.05, 4.69) is 16.0 Å². The molecule has 0 aliphatic rings. The van der Waals surface area contributed by atoms with Gasteiger partial charge in [-0.1, -0.05) is 26.0 Å². The minimum Gasteiger partial charge on any atom is -0.508 e. The van der Waals surface area contributed by atoms with E-state index in [0.29, 0.717) is 31.4 Å². The third-order valence-electron chi connectivity index (χ3n) is 5.91. The summed E-state index contributed by atoms with van der Waals surface area (Å²) >= 11 is 0. The average Bonchev–Trinajstić information content (AvgIpc) is 2.85. The summed E-state index contributed by atoms with van der Waals surface area (Å²) < 4.78 is 0. The van der Waals surface area contributed by atoms with Gasteiger partial charge >= 0.3 is 11.9 Å². The first-order chi connectivity index (χ1) is 18.3. The van der Waals surface area contributed by atoms with Gasteiger partial charge in [0, 0.05) is 12.8 Å². The standard InChI is InChI=1S/C26H41N5O8/c1-15(2)13-18(28)23(35)31-21(14-16-6-8-17(32)9-7-16)25(37)29-19(10-11-22(33)34)24(36)30-20(26(38)39)5-3-4-12-27/h6-9,15,18-21,32H,3-5,10-14,27-28H2,1-2H3,(H,29,37)(H,30,36)(H,31,35)(H,33,34)(H,38,39). The number of carbonyl (C=O) groups is 5. The van der Waals surface area contributed by atoms with Crippen molar-refractivity contribution < 1.29 is 39.3 Å². The third-order valence-corrected chi connectivity index (χ3v) is 5.91. The van der Waals surface area contributed by atoms with Gasteiger partial charge in [0.15, 0.2) is 0 Å². The lowest BCUT2D eigenvalue weighted by atomic mass is 10.0. The van der Waals surface area contributed by atoms with Gasteiger partial charge < -0.3 is 42.7 Å². The fourth-order valence-electron chi connectivity index (χ4n) is 3.80. The topological polar surface area (TPSA) is 234 Å². The van der Waals surface area contributed by atoms with Crippen LogP contribution in [0.25, 0.3) is 0 Å². The number of unbranched alkanes of at least 4 members (excludes halogenated alkanes) is 1. The maximum absolute atomic E-state index is 13.3. The first-order valence-electron chi connectivity index (χ1n) is 12.9. The maximum atomic E-state index is 13.3. The van der Waals surface area contributed by atoms with Gasteiger partial charge in [-0.25, -0.2) is 4.79 Å². The van der Waals surface area contributed by atoms with Crippen LogP contribution >= 0.6 is 0 Å². The van der Waals surface area contributed by atoms with Crippen molar-refractivity contribution in [3.8, 4) is 5.75 Å². The Hall–Kier alpha value is -3.71. The Morgan fingerprint density at radius 1 is 0.821 bits per heavy atom. The van der Waals surface area contributed by atoms with Gasteiger partial charge in [0.05, 0.1) is 6.04 Å². The summed E-state index contributed by atoms with van der Waals surface area (Å²) in [6.07, 6.45) is 0.658. The molecule has 0 saturated heterocycles. The van der Waals surface area contributed by atoms with Crippen LogP contribution in [0.5, 0.6) is 5.75 Å². The van der Waals surface area contributed by atoms with Gasteiger partial charge in [-0.3, -0.25) is 19.2 Å². The highest BCUT2D eigenvalue weighted by Crippen LogP contribution is 2.13. The van der Waals surface area contributed by atoms with E-state index in [1.807, 2.05) is 13.8 Å². The number of amides is 3. The molecule has 4 unspecified atom stereocenters. The zero-order valence-corrected chi connectivity index (χ0v) is 22.4. The summed E-state index contributed by atoms with van der Waals surface area (Å²) in [7, 11) is 0. The molecule has 13 heteroatoms. The van der Waals surface area contributed by atoms with Crippen LogP contribution in [-0.2, 0) is 30.4 Å². The first-order valence-corrected chi connectivity index (χ1v) is 12.9. The molecule has 3 amide bonds. The molecule has 218 valence electrons. The third kappa shape index (κ3) is 13.1. The van der Waals surface area contributed by atoms with E-state index in [9.17, 15) is 34.2 Å². The Morgan fingerprint density at radius 2 is 1.38 bits per heavy atom. The van der Waals surface area contributed by atoms with Crippen LogP contribution in [0.1, 0.15) is 57.9 Å². The van der Waals surface area contributed by atoms with Gasteiger partial charge in [-0.15, -0.1) is 0 Å². The van der Waals surface area contributed by atoms with Crippen LogP contribution in [0, 0.1) is 5.92 Å². The smallest absolute Gasteiger partial charge is 0.326 e. The van der Waals surface area contributed by atoms with Crippen LogP contribution in [0.3, 0.4) is 0 Å². The molecule has 39 heavy (non-hydrogen) atoms. The maximum Gasteiger partial charge on any atom is 0.326 e. The minimum absolute atomic E-state index is 0.00703. The van der Waals surface area contributed by atoms with Crippen LogP contribution in [0.15, 0.2) is 24.3 Å². The van der Waals surface area contributed by atoms with E-state index in [4.69, 9.17) is 16.6 Å². The summed E-state index contributed by atoms with van der Waals surface area (Å²) in [5.41, 5.74) is 12.0. The van der Waals surface area contributed by atoms with Crippen LogP contribution in [0.4, 0.5) is 0 Å². The summed E-state index contributed by atoms with van der Waals surface area (Å²) in [5, 5.41) is 35.6. The Morgan fingerprint density at radius 3 is 1.92 bits per heavy atom. The summed E-state index contributed by atoms with van der Waals surface area (Å²) in [4.78, 5) is 61.8. The number of nitrogens with two attached hydrogens (primary N) is 2. The number of phenols is 1. The molecule has 0 spiro atoms. The summed E-state index contributed by atoms with van der Waals surface area (Å²) in [6.45, 7) is 4.13. The first kappa shape index (κ1) is 33.3. The van der Waals surface area contributed by atoms with Gasteiger partial charge in [0.25, 0.3) is 0 Å². The van der Waals surface area contributed by atoms with Crippen molar-refractivity contribution in [1.29, 1.82) is 0 Å². The lowest BCUT2D eigenvalue weighted by Crippen LogP contribution is -2.57. The largest absolute Gasteiger partial charge is 0.508 e. The van der Waals surface area contributed by atoms with E-state index < -0.39 is 60.2 Å². The molecule has 0 radical (unpaired) electrons. The number of nitrogens with one attached hydrogen (secondary N) is 3. The zero-order chi connectivity index (χ0) is 29.5. The number of carboxylic acids is 2. The van der Waals surface area contributed by atoms with Gasteiger partial charge in [0.1, 0.15) is 23.9 Å². The molecule has 0 aliphatic carbocycles. The molecule has 0 aromatic heterocycles. The lowest BCUT2D eigenvalue weighted by molar-refractivity contribution is -0.143. The summed E-state index contributed by atoms with van der Waals surface area (Å²) in [6, 6.07) is 1.22. The minimum atomic E-state index is -1.38. The van der Waals surface area contributed by atoms with E-state index >= 15 is 0 Å². The van der Waals surface area contributed by atoms with Gasteiger partial charge in [-0.2, -0.15) is 0 Å². The molecule has 0 fully saturated rings. The number of aromatic hydroxyl groups is 1. The molecule has 1 aromatic carbocycles. The van der Waals surface area contributed by atoms with E-state index in [0.717, 1.165) is 0 Å². The number of carboxylic acid groups (broad SMARTS) is 2. The number of aliphatic carboxylic acids is 2. The highest BCUT2D eigenvalue weighted by molar-refractivity contribution is 5.94. The molecule has 4 atom stereocenters. The van der Waals surface area contributed by atoms with Crippen LogP contribution in [0.2, 0.25) is 0 Å². The number of phenolic OH excluding ortho intramolecular Hbond substituents is 1. The van der Waals surface area contributed by atoms with E-state index in [1.54, 1.807) is 12.1 Å². The Labute approximate surface area is 227 Å². The number of hydrogen-bond donors (Lipinski definition) is 8. The highest BCUT2D eigenvalue weighted by Gasteiger charge is 2.31. The van der Waals surface area contributed by atoms with Crippen LogP contribution in [-0.4, -0.2) is 75.7 Å². The molecular formula is C26H41N5O8. The Balaban J connectivity index is 3.14. The summed E-state index contributed by atoms with van der Waals surface area (Å²) in [5.74, 6) is -4.60. The lowest BCUT2D eigenvalue weighted by Gasteiger charge is -2.25. The highest BCUT2D eigenvalue weighted by atomic mass is 16.4. The fraction of sp³-hybridized carbons (Fsp3) is 0.577. The predicted octanol–water partition coefficient (Wildman–Crippen LogP) is -0.159. The molecule has 13 nitrogen and oxygen atoms in total. The normalized spacial score (nSPS) is 14.1. The molecule has 0 aliphatic heterocycles. The molecule has 0 saturated carbocycles. The van der Waals surface area contributed by atoms with Gasteiger partial charge in [0.2, 0.25) is 17.7 Å². The second kappa shape index (κ2) is 17.0. The van der Waals surface area contributed by atoms with Crippen molar-refractivity contribution in [2.75, 3.05) is 6.54 Å². The Bertz CT molecular complexity index is 970. The number of benzene rings is 1. The predicted molar refractivity (Wildman–Crippen MR) is 142 cm³/mol. The number of rotatable bonds is 18. The molecule has 0 bridgehead atoms. The second-order valence-corrected chi connectivity index (χ2v) is 9.85. The quantitative estimate of drug-likeness (QED) is 0.112. The number of hydrogen-bond acceptors (Lipinski definition) is 8. The SMILES string of the molecule is CC(C)CC(N)C(=O)NC(Cc1ccc(O)cc1)C(=O)NC(CCC(=O)O)C(=O)NC(CCCCN)C(=O)O. The average molecular weight is 552 g/mol. The van der Waals surface area contributed by atoms with Gasteiger partial charge in [-0.05, 0) is 62.3 Å². The van der Waals surface area contributed by atoms with E-state index in [-0.39, 0.29) is 30.9 Å². The zero-order valence-electron chi connectivity index (χ0n) is 22.4. The second-order valence-electron chi connectivity index (χ2n) is 9.85. The van der Waals surface area contributed by atoms with Crippen molar-refractivity contribution in [2.45, 2.75) is 83.0 Å². The Kier molecular flexibility index (Phi) is 14.5. The van der Waals surface area contributed by atoms with Crippen molar-refractivity contribution in [1.82, 2.24) is 16.0 Å². The molecular weight excluding hydrogens is 510 g/mol. The monoisotopic (exact) mass is 551 g/mol. The van der Waals surface area contributed by atoms with E-state index in [1.165, 1.54) is 12.1 Å². The number of carbonyl (C=O) groups excluding carboxylic acids is 3. The van der Waals surface area contributed by atoms with Crippen molar-refractivity contribution in [3.63, 3.8) is 0 Å². The van der Waals surface area contributed by atoms with Crippen molar-refractivity contribution >= 4 is 29.7 Å². The molecule has 1 aromatic rings. The molecule has 1 rings (SSSR count). The van der Waals surface area contributed by atoms with Crippen molar-refractivity contribution in [3.05, 3.63) is 29.8 Å². The van der Waals surface area contributed by atoms with Crippen molar-refractivity contribution in [2.24, 2.45) is 17.4 Å². The molecule has 10 N–H and O–H groups in total. The van der Waals surface area contributed by atoms with Crippen LogP contribution < -0.4 is 27.4 Å².